The van der Waals surface area contributed by atoms with Gasteiger partial charge in [-0.1, -0.05) is 18.2 Å². The van der Waals surface area contributed by atoms with Gasteiger partial charge in [0.05, 0.1) is 6.07 Å². The van der Waals surface area contributed by atoms with Crippen molar-refractivity contribution in [1.82, 2.24) is 0 Å². The monoisotopic (exact) mass is 202 g/mol. The van der Waals surface area contributed by atoms with Gasteiger partial charge < -0.3 is 4.90 Å². The minimum absolute atomic E-state index is 0.00486. The van der Waals surface area contributed by atoms with E-state index in [1.807, 2.05) is 43.3 Å². The maximum absolute atomic E-state index is 11.7. The summed E-state index contributed by atoms with van der Waals surface area (Å²) in [6.45, 7) is 2.56. The third-order valence-corrected chi connectivity index (χ3v) is 2.14. The number of carbonyl (C=O) groups is 1. The van der Waals surface area contributed by atoms with Gasteiger partial charge in [0.1, 0.15) is 0 Å². The highest BCUT2D eigenvalue weighted by Crippen LogP contribution is 2.14. The Labute approximate surface area is 89.9 Å². The van der Waals surface area contributed by atoms with E-state index in [0.29, 0.717) is 13.0 Å². The predicted molar refractivity (Wildman–Crippen MR) is 59.3 cm³/mol. The van der Waals surface area contributed by atoms with Crippen molar-refractivity contribution in [3.8, 4) is 6.07 Å². The van der Waals surface area contributed by atoms with Crippen LogP contribution in [0, 0.1) is 11.3 Å². The van der Waals surface area contributed by atoms with Crippen molar-refractivity contribution < 1.29 is 4.79 Å². The van der Waals surface area contributed by atoms with E-state index in [2.05, 4.69) is 0 Å². The highest BCUT2D eigenvalue weighted by molar-refractivity contribution is 5.93. The second-order valence-corrected chi connectivity index (χ2v) is 3.13. The molecule has 0 aliphatic carbocycles. The summed E-state index contributed by atoms with van der Waals surface area (Å²) in [5.41, 5.74) is 0.892. The van der Waals surface area contributed by atoms with Crippen LogP contribution in [0.4, 0.5) is 5.69 Å². The lowest BCUT2D eigenvalue weighted by atomic mass is 10.2. The zero-order chi connectivity index (χ0) is 11.1. The van der Waals surface area contributed by atoms with Gasteiger partial charge in [0.15, 0.2) is 0 Å². The number of benzene rings is 1. The standard InChI is InChI=1S/C12H14N2O/c1-2-14(12(15)9-6-10-13)11-7-4-3-5-8-11/h3-5,7-8H,2,6,9H2,1H3. The lowest BCUT2D eigenvalue weighted by molar-refractivity contribution is -0.118. The van der Waals surface area contributed by atoms with Crippen LogP contribution in [0.1, 0.15) is 19.8 Å². The van der Waals surface area contributed by atoms with Crippen molar-refractivity contribution in [1.29, 1.82) is 5.26 Å². The van der Waals surface area contributed by atoms with Gasteiger partial charge in [-0.25, -0.2) is 0 Å². The maximum atomic E-state index is 11.7. The van der Waals surface area contributed by atoms with Crippen LogP contribution in [0.25, 0.3) is 0 Å². The summed E-state index contributed by atoms with van der Waals surface area (Å²) < 4.78 is 0. The van der Waals surface area contributed by atoms with E-state index in [-0.39, 0.29) is 12.3 Å². The number of amides is 1. The number of hydrogen-bond acceptors (Lipinski definition) is 2. The molecule has 0 atom stereocenters. The van der Waals surface area contributed by atoms with Gasteiger partial charge in [0.2, 0.25) is 5.91 Å². The number of hydrogen-bond donors (Lipinski definition) is 0. The van der Waals surface area contributed by atoms with E-state index in [9.17, 15) is 4.79 Å². The van der Waals surface area contributed by atoms with Crippen LogP contribution >= 0.6 is 0 Å². The first-order chi connectivity index (χ1) is 7.29. The Balaban J connectivity index is 2.72. The number of carbonyl (C=O) groups excluding carboxylic acids is 1. The molecule has 0 heterocycles. The van der Waals surface area contributed by atoms with E-state index in [1.54, 1.807) is 4.90 Å². The molecule has 0 aromatic heterocycles. The molecule has 0 aliphatic heterocycles. The van der Waals surface area contributed by atoms with Gasteiger partial charge >= 0.3 is 0 Å². The highest BCUT2D eigenvalue weighted by Gasteiger charge is 2.12. The molecule has 1 rings (SSSR count). The second kappa shape index (κ2) is 5.82. The molecule has 0 saturated carbocycles. The van der Waals surface area contributed by atoms with Gasteiger partial charge in [-0.05, 0) is 19.1 Å². The van der Waals surface area contributed by atoms with Crippen molar-refractivity contribution in [2.45, 2.75) is 19.8 Å². The van der Waals surface area contributed by atoms with Crippen molar-refractivity contribution in [2.24, 2.45) is 0 Å². The van der Waals surface area contributed by atoms with Crippen LogP contribution in [0.2, 0.25) is 0 Å². The van der Waals surface area contributed by atoms with Crippen LogP contribution in [-0.2, 0) is 4.79 Å². The van der Waals surface area contributed by atoms with Crippen LogP contribution < -0.4 is 4.90 Å². The Bertz CT molecular complexity index is 354. The normalized spacial score (nSPS) is 9.33. The number of nitriles is 1. The minimum atomic E-state index is 0.00486. The SMILES string of the molecule is CCN(C(=O)CCC#N)c1ccccc1. The molecule has 0 fully saturated rings. The minimum Gasteiger partial charge on any atom is -0.313 e. The van der Waals surface area contributed by atoms with E-state index >= 15 is 0 Å². The zero-order valence-corrected chi connectivity index (χ0v) is 8.81. The summed E-state index contributed by atoms with van der Waals surface area (Å²) in [5, 5.41) is 8.42. The van der Waals surface area contributed by atoms with E-state index < -0.39 is 0 Å². The Kier molecular flexibility index (Phi) is 4.36. The number of rotatable bonds is 4. The average molecular weight is 202 g/mol. The van der Waals surface area contributed by atoms with E-state index in [4.69, 9.17) is 5.26 Å². The lowest BCUT2D eigenvalue weighted by Gasteiger charge is -2.20. The largest absolute Gasteiger partial charge is 0.313 e. The summed E-state index contributed by atoms with van der Waals surface area (Å²) in [6.07, 6.45) is 0.571. The summed E-state index contributed by atoms with van der Waals surface area (Å²) in [7, 11) is 0. The van der Waals surface area contributed by atoms with Gasteiger partial charge in [-0.3, -0.25) is 4.79 Å². The lowest BCUT2D eigenvalue weighted by Crippen LogP contribution is -2.30. The van der Waals surface area contributed by atoms with E-state index in [0.717, 1.165) is 5.69 Å². The summed E-state index contributed by atoms with van der Waals surface area (Å²) in [5.74, 6) is 0.00486. The van der Waals surface area contributed by atoms with Crippen molar-refractivity contribution in [3.05, 3.63) is 30.3 Å². The molecule has 0 unspecified atom stereocenters. The van der Waals surface area contributed by atoms with Crippen LogP contribution in [-0.4, -0.2) is 12.5 Å². The molecule has 1 aromatic rings. The van der Waals surface area contributed by atoms with Crippen LogP contribution in [0.5, 0.6) is 0 Å². The molecule has 3 nitrogen and oxygen atoms in total. The highest BCUT2D eigenvalue weighted by atomic mass is 16.2. The van der Waals surface area contributed by atoms with Gasteiger partial charge in [-0.15, -0.1) is 0 Å². The van der Waals surface area contributed by atoms with E-state index in [1.165, 1.54) is 0 Å². The Morgan fingerprint density at radius 3 is 2.60 bits per heavy atom. The molecule has 1 amide bonds. The van der Waals surface area contributed by atoms with Crippen molar-refractivity contribution >= 4 is 11.6 Å². The first-order valence-electron chi connectivity index (χ1n) is 5.02. The predicted octanol–water partition coefficient (Wildman–Crippen LogP) is 2.34. The molecule has 0 N–H and O–H groups in total. The quantitative estimate of drug-likeness (QED) is 0.752. The summed E-state index contributed by atoms with van der Waals surface area (Å²) in [6, 6.07) is 11.5. The fourth-order valence-corrected chi connectivity index (χ4v) is 1.41. The molecular formula is C12H14N2O. The number of nitrogens with zero attached hydrogens (tertiary/aromatic N) is 2. The van der Waals surface area contributed by atoms with Gasteiger partial charge in [0.25, 0.3) is 0 Å². The molecular weight excluding hydrogens is 188 g/mol. The third kappa shape index (κ3) is 3.10. The summed E-state index contributed by atoms with van der Waals surface area (Å²) >= 11 is 0. The number of para-hydroxylation sites is 1. The molecule has 1 aromatic carbocycles. The Hall–Kier alpha value is -1.82. The Morgan fingerprint density at radius 1 is 1.40 bits per heavy atom. The van der Waals surface area contributed by atoms with Crippen LogP contribution in [0.15, 0.2) is 30.3 Å². The molecule has 0 spiro atoms. The van der Waals surface area contributed by atoms with Crippen molar-refractivity contribution in [3.63, 3.8) is 0 Å². The molecule has 15 heavy (non-hydrogen) atoms. The van der Waals surface area contributed by atoms with Crippen LogP contribution in [0.3, 0.4) is 0 Å². The van der Waals surface area contributed by atoms with Gasteiger partial charge in [-0.2, -0.15) is 5.26 Å². The first-order valence-corrected chi connectivity index (χ1v) is 5.02. The average Bonchev–Trinajstić information content (AvgIpc) is 2.29. The number of anilines is 1. The zero-order valence-electron chi connectivity index (χ0n) is 8.81. The molecule has 0 saturated heterocycles. The topological polar surface area (TPSA) is 44.1 Å². The smallest absolute Gasteiger partial charge is 0.228 e. The second-order valence-electron chi connectivity index (χ2n) is 3.13. The maximum Gasteiger partial charge on any atom is 0.228 e. The molecule has 0 aliphatic rings. The third-order valence-electron chi connectivity index (χ3n) is 2.14. The molecule has 0 radical (unpaired) electrons. The molecule has 78 valence electrons. The Morgan fingerprint density at radius 2 is 2.07 bits per heavy atom. The fourth-order valence-electron chi connectivity index (χ4n) is 1.41. The summed E-state index contributed by atoms with van der Waals surface area (Å²) in [4.78, 5) is 13.4. The molecule has 3 heteroatoms. The molecule has 0 bridgehead atoms. The first kappa shape index (κ1) is 11.3. The fraction of sp³-hybridized carbons (Fsp3) is 0.333. The van der Waals surface area contributed by atoms with Gasteiger partial charge in [0, 0.05) is 25.1 Å². The van der Waals surface area contributed by atoms with Crippen molar-refractivity contribution in [2.75, 3.05) is 11.4 Å².